The minimum atomic E-state index is -0.345. The Morgan fingerprint density at radius 2 is 2.33 bits per heavy atom. The molecule has 2 heterocycles. The standard InChI is InChI=1S/C16H23N3O2/c1-12-10-13-4-2-3-5-14(13)19(12)8-6-18-16(20)15-11-17-7-9-21-15/h2-5,12,15,17H,6-11H2,1H3,(H,18,20). The van der Waals surface area contributed by atoms with Gasteiger partial charge in [-0.15, -0.1) is 0 Å². The lowest BCUT2D eigenvalue weighted by Gasteiger charge is -2.26. The van der Waals surface area contributed by atoms with E-state index in [4.69, 9.17) is 4.74 Å². The summed E-state index contributed by atoms with van der Waals surface area (Å²) < 4.78 is 5.45. The predicted molar refractivity (Wildman–Crippen MR) is 82.6 cm³/mol. The van der Waals surface area contributed by atoms with E-state index in [9.17, 15) is 4.79 Å². The SMILES string of the molecule is CC1Cc2ccccc2N1CCNC(=O)C1CNCCO1. The molecule has 3 rings (SSSR count). The maximum Gasteiger partial charge on any atom is 0.250 e. The Kier molecular flexibility index (Phi) is 4.41. The second-order valence-electron chi connectivity index (χ2n) is 5.73. The average molecular weight is 289 g/mol. The van der Waals surface area contributed by atoms with Gasteiger partial charge in [-0.3, -0.25) is 4.79 Å². The number of rotatable bonds is 4. The summed E-state index contributed by atoms with van der Waals surface area (Å²) in [6.07, 6.45) is 0.738. The van der Waals surface area contributed by atoms with Gasteiger partial charge < -0.3 is 20.3 Å². The molecule has 2 aliphatic rings. The number of para-hydroxylation sites is 1. The van der Waals surface area contributed by atoms with Crippen LogP contribution < -0.4 is 15.5 Å². The number of benzene rings is 1. The van der Waals surface area contributed by atoms with Gasteiger partial charge in [0.1, 0.15) is 6.10 Å². The molecule has 1 aromatic rings. The molecule has 2 N–H and O–H groups in total. The number of fused-ring (bicyclic) bond motifs is 1. The number of hydrogen-bond acceptors (Lipinski definition) is 4. The molecule has 2 atom stereocenters. The Bertz CT molecular complexity index is 500. The molecule has 0 radical (unpaired) electrons. The first kappa shape index (κ1) is 14.4. The van der Waals surface area contributed by atoms with Gasteiger partial charge in [0.05, 0.1) is 6.61 Å². The summed E-state index contributed by atoms with van der Waals surface area (Å²) in [5.74, 6) is -0.0117. The van der Waals surface area contributed by atoms with Gasteiger partial charge in [-0.05, 0) is 25.0 Å². The van der Waals surface area contributed by atoms with E-state index in [1.807, 2.05) is 0 Å². The Morgan fingerprint density at radius 3 is 3.14 bits per heavy atom. The normalized spacial score (nSPS) is 24.7. The molecule has 5 nitrogen and oxygen atoms in total. The van der Waals surface area contributed by atoms with Crippen molar-refractivity contribution in [1.29, 1.82) is 0 Å². The molecule has 5 heteroatoms. The van der Waals surface area contributed by atoms with E-state index in [2.05, 4.69) is 46.7 Å². The van der Waals surface area contributed by atoms with Crippen LogP contribution in [0, 0.1) is 0 Å². The maximum atomic E-state index is 12.0. The van der Waals surface area contributed by atoms with Gasteiger partial charge in [0.2, 0.25) is 0 Å². The lowest BCUT2D eigenvalue weighted by atomic mass is 10.1. The largest absolute Gasteiger partial charge is 0.367 e. The minimum Gasteiger partial charge on any atom is -0.367 e. The zero-order chi connectivity index (χ0) is 14.7. The molecule has 2 unspecified atom stereocenters. The van der Waals surface area contributed by atoms with Gasteiger partial charge in [-0.25, -0.2) is 0 Å². The fourth-order valence-electron chi connectivity index (χ4n) is 3.12. The van der Waals surface area contributed by atoms with Crippen molar-refractivity contribution in [2.24, 2.45) is 0 Å². The van der Waals surface area contributed by atoms with E-state index in [1.54, 1.807) is 0 Å². The smallest absolute Gasteiger partial charge is 0.250 e. The number of morpholine rings is 1. The predicted octanol–water partition coefficient (Wildman–Crippen LogP) is 0.542. The number of carbonyl (C=O) groups excluding carboxylic acids is 1. The van der Waals surface area contributed by atoms with Crippen LogP contribution in [0.3, 0.4) is 0 Å². The lowest BCUT2D eigenvalue weighted by molar-refractivity contribution is -0.134. The van der Waals surface area contributed by atoms with Gasteiger partial charge in [-0.2, -0.15) is 0 Å². The zero-order valence-electron chi connectivity index (χ0n) is 12.5. The fourth-order valence-corrected chi connectivity index (χ4v) is 3.12. The second kappa shape index (κ2) is 6.45. The molecule has 0 saturated carbocycles. The third kappa shape index (κ3) is 3.19. The van der Waals surface area contributed by atoms with Crippen molar-refractivity contribution in [3.63, 3.8) is 0 Å². The van der Waals surface area contributed by atoms with Crippen LogP contribution in [0.4, 0.5) is 5.69 Å². The van der Waals surface area contributed by atoms with Crippen LogP contribution in [0.15, 0.2) is 24.3 Å². The number of nitrogens with one attached hydrogen (secondary N) is 2. The van der Waals surface area contributed by atoms with Crippen molar-refractivity contribution in [2.75, 3.05) is 37.7 Å². The first-order valence-corrected chi connectivity index (χ1v) is 7.70. The molecule has 1 amide bonds. The molecule has 0 spiro atoms. The van der Waals surface area contributed by atoms with Crippen LogP contribution in [0.25, 0.3) is 0 Å². The van der Waals surface area contributed by atoms with Crippen LogP contribution in [0.1, 0.15) is 12.5 Å². The minimum absolute atomic E-state index is 0.0117. The molecule has 1 aromatic carbocycles. The summed E-state index contributed by atoms with van der Waals surface area (Å²) in [5.41, 5.74) is 2.70. The summed E-state index contributed by atoms with van der Waals surface area (Å²) in [6, 6.07) is 9.00. The third-order valence-corrected chi connectivity index (χ3v) is 4.22. The molecule has 114 valence electrons. The quantitative estimate of drug-likeness (QED) is 0.849. The van der Waals surface area contributed by atoms with Crippen molar-refractivity contribution in [2.45, 2.75) is 25.5 Å². The second-order valence-corrected chi connectivity index (χ2v) is 5.73. The van der Waals surface area contributed by atoms with Crippen LogP contribution in [-0.4, -0.2) is 50.8 Å². The van der Waals surface area contributed by atoms with E-state index in [1.165, 1.54) is 11.3 Å². The number of nitrogens with zero attached hydrogens (tertiary/aromatic N) is 1. The number of hydrogen-bond donors (Lipinski definition) is 2. The zero-order valence-corrected chi connectivity index (χ0v) is 12.5. The Balaban J connectivity index is 1.50. The van der Waals surface area contributed by atoms with Crippen molar-refractivity contribution >= 4 is 11.6 Å². The molecule has 0 bridgehead atoms. The van der Waals surface area contributed by atoms with Crippen molar-refractivity contribution in [3.05, 3.63) is 29.8 Å². The molecular weight excluding hydrogens is 266 g/mol. The van der Waals surface area contributed by atoms with Crippen LogP contribution >= 0.6 is 0 Å². The van der Waals surface area contributed by atoms with E-state index in [0.717, 1.165) is 19.5 Å². The van der Waals surface area contributed by atoms with Gasteiger partial charge in [-0.1, -0.05) is 18.2 Å². The van der Waals surface area contributed by atoms with E-state index < -0.39 is 0 Å². The highest BCUT2D eigenvalue weighted by Gasteiger charge is 2.26. The van der Waals surface area contributed by atoms with Gasteiger partial charge in [0.15, 0.2) is 0 Å². The van der Waals surface area contributed by atoms with E-state index in [-0.39, 0.29) is 12.0 Å². The highest BCUT2D eigenvalue weighted by Crippen LogP contribution is 2.31. The summed E-state index contributed by atoms with van der Waals surface area (Å²) >= 11 is 0. The highest BCUT2D eigenvalue weighted by molar-refractivity contribution is 5.81. The Morgan fingerprint density at radius 1 is 1.48 bits per heavy atom. The van der Waals surface area contributed by atoms with Crippen molar-refractivity contribution < 1.29 is 9.53 Å². The Hall–Kier alpha value is -1.59. The number of anilines is 1. The van der Waals surface area contributed by atoms with Crippen LogP contribution in [0.2, 0.25) is 0 Å². The molecule has 2 aliphatic heterocycles. The van der Waals surface area contributed by atoms with Crippen LogP contribution in [-0.2, 0) is 16.0 Å². The highest BCUT2D eigenvalue weighted by atomic mass is 16.5. The van der Waals surface area contributed by atoms with E-state index in [0.29, 0.717) is 25.7 Å². The lowest BCUT2D eigenvalue weighted by Crippen LogP contribution is -2.49. The molecular formula is C16H23N3O2. The molecule has 1 saturated heterocycles. The van der Waals surface area contributed by atoms with Gasteiger partial charge in [0, 0.05) is 37.9 Å². The van der Waals surface area contributed by atoms with Gasteiger partial charge in [0.25, 0.3) is 5.91 Å². The summed E-state index contributed by atoms with van der Waals surface area (Å²) in [7, 11) is 0. The summed E-state index contributed by atoms with van der Waals surface area (Å²) in [6.45, 7) is 5.76. The van der Waals surface area contributed by atoms with Crippen molar-refractivity contribution in [1.82, 2.24) is 10.6 Å². The first-order valence-electron chi connectivity index (χ1n) is 7.70. The topological polar surface area (TPSA) is 53.6 Å². The van der Waals surface area contributed by atoms with Crippen molar-refractivity contribution in [3.8, 4) is 0 Å². The monoisotopic (exact) mass is 289 g/mol. The molecule has 0 aromatic heterocycles. The number of amides is 1. The summed E-state index contributed by atoms with van der Waals surface area (Å²) in [4.78, 5) is 14.4. The molecule has 21 heavy (non-hydrogen) atoms. The number of carbonyl (C=O) groups is 1. The van der Waals surface area contributed by atoms with Gasteiger partial charge >= 0.3 is 0 Å². The van der Waals surface area contributed by atoms with Crippen LogP contribution in [0.5, 0.6) is 0 Å². The molecule has 0 aliphatic carbocycles. The summed E-state index contributed by atoms with van der Waals surface area (Å²) in [5, 5.41) is 6.16. The Labute approximate surface area is 125 Å². The van der Waals surface area contributed by atoms with E-state index >= 15 is 0 Å². The maximum absolute atomic E-state index is 12.0. The number of ether oxygens (including phenoxy) is 1. The molecule has 1 fully saturated rings. The first-order chi connectivity index (χ1) is 10.3. The fraction of sp³-hybridized carbons (Fsp3) is 0.562. The third-order valence-electron chi connectivity index (χ3n) is 4.22. The average Bonchev–Trinajstić information content (AvgIpc) is 2.84.